The van der Waals surface area contributed by atoms with E-state index in [1.807, 2.05) is 12.1 Å². The van der Waals surface area contributed by atoms with Gasteiger partial charge in [-0.05, 0) is 11.6 Å². The molecule has 1 aromatic rings. The number of benzene rings is 1. The van der Waals surface area contributed by atoms with Crippen molar-refractivity contribution in [1.82, 2.24) is 10.6 Å². The van der Waals surface area contributed by atoms with Crippen LogP contribution in [0.15, 0.2) is 29.2 Å². The molecule has 0 bridgehead atoms. The van der Waals surface area contributed by atoms with E-state index < -0.39 is 0 Å². The van der Waals surface area contributed by atoms with Crippen LogP contribution in [0.25, 0.3) is 0 Å². The third kappa shape index (κ3) is 3.96. The summed E-state index contributed by atoms with van der Waals surface area (Å²) >= 11 is 1.76. The molecule has 0 aliphatic carbocycles. The van der Waals surface area contributed by atoms with E-state index in [0.29, 0.717) is 13.2 Å². The van der Waals surface area contributed by atoms with Gasteiger partial charge in [0.15, 0.2) is 0 Å². The van der Waals surface area contributed by atoms with E-state index in [2.05, 4.69) is 22.8 Å². The van der Waals surface area contributed by atoms with Crippen LogP contribution >= 0.6 is 11.8 Å². The smallest absolute Gasteiger partial charge is 0.228 e. The number of methoxy groups -OCH3 is 1. The van der Waals surface area contributed by atoms with E-state index in [0.717, 1.165) is 24.4 Å². The number of ether oxygens (including phenoxy) is 1. The second-order valence-corrected chi connectivity index (χ2v) is 5.50. The molecule has 0 unspecified atom stereocenters. The summed E-state index contributed by atoms with van der Waals surface area (Å²) < 4.78 is 4.94. The molecule has 1 aliphatic heterocycles. The van der Waals surface area contributed by atoms with Gasteiger partial charge in [0.2, 0.25) is 5.91 Å². The summed E-state index contributed by atoms with van der Waals surface area (Å²) in [7, 11) is 1.68. The molecule has 104 valence electrons. The van der Waals surface area contributed by atoms with E-state index in [-0.39, 0.29) is 11.8 Å². The first-order valence-electron chi connectivity index (χ1n) is 6.52. The Bertz CT molecular complexity index is 426. The normalized spacial score (nSPS) is 17.2. The minimum absolute atomic E-state index is 0.000162. The lowest BCUT2D eigenvalue weighted by molar-refractivity contribution is -0.122. The van der Waals surface area contributed by atoms with Crippen molar-refractivity contribution in [3.63, 3.8) is 0 Å². The average Bonchev–Trinajstić information content (AvgIpc) is 2.86. The topological polar surface area (TPSA) is 50.4 Å². The SMILES string of the molecule is COCCNCCNC(=O)[C@@H]1CSc2ccccc21. The quantitative estimate of drug-likeness (QED) is 0.738. The lowest BCUT2D eigenvalue weighted by Gasteiger charge is -2.12. The Balaban J connectivity index is 1.73. The lowest BCUT2D eigenvalue weighted by Crippen LogP contribution is -2.35. The zero-order chi connectivity index (χ0) is 13.5. The fourth-order valence-corrected chi connectivity index (χ4v) is 3.31. The molecule has 2 N–H and O–H groups in total. The number of carbonyl (C=O) groups excluding carboxylic acids is 1. The van der Waals surface area contributed by atoms with Crippen molar-refractivity contribution in [2.24, 2.45) is 0 Å². The van der Waals surface area contributed by atoms with Gasteiger partial charge in [-0.1, -0.05) is 18.2 Å². The van der Waals surface area contributed by atoms with Gasteiger partial charge < -0.3 is 15.4 Å². The van der Waals surface area contributed by atoms with Gasteiger partial charge in [-0.2, -0.15) is 0 Å². The fraction of sp³-hybridized carbons (Fsp3) is 0.500. The van der Waals surface area contributed by atoms with Crippen molar-refractivity contribution in [3.05, 3.63) is 29.8 Å². The maximum Gasteiger partial charge on any atom is 0.228 e. The molecule has 0 aromatic heterocycles. The summed E-state index contributed by atoms with van der Waals surface area (Å²) in [4.78, 5) is 13.4. The van der Waals surface area contributed by atoms with Gasteiger partial charge in [-0.15, -0.1) is 11.8 Å². The van der Waals surface area contributed by atoms with Crippen LogP contribution in [0.2, 0.25) is 0 Å². The Hall–Kier alpha value is -1.04. The molecule has 0 spiro atoms. The van der Waals surface area contributed by atoms with Crippen LogP contribution in [0.5, 0.6) is 0 Å². The van der Waals surface area contributed by atoms with Crippen molar-refractivity contribution < 1.29 is 9.53 Å². The van der Waals surface area contributed by atoms with Crippen LogP contribution in [-0.2, 0) is 9.53 Å². The monoisotopic (exact) mass is 280 g/mol. The number of carbonyl (C=O) groups is 1. The highest BCUT2D eigenvalue weighted by Gasteiger charge is 2.28. The molecule has 1 atom stereocenters. The summed E-state index contributed by atoms with van der Waals surface area (Å²) in [5.41, 5.74) is 1.16. The van der Waals surface area contributed by atoms with Gasteiger partial charge in [-0.3, -0.25) is 4.79 Å². The van der Waals surface area contributed by atoms with Crippen molar-refractivity contribution >= 4 is 17.7 Å². The van der Waals surface area contributed by atoms with Crippen LogP contribution in [0.3, 0.4) is 0 Å². The molecule has 0 fully saturated rings. The molecule has 4 nitrogen and oxygen atoms in total. The lowest BCUT2D eigenvalue weighted by atomic mass is 10.0. The Labute approximate surface area is 118 Å². The molecular formula is C14H20N2O2S. The number of hydrogen-bond acceptors (Lipinski definition) is 4. The molecule has 1 aromatic carbocycles. The van der Waals surface area contributed by atoms with Gasteiger partial charge in [0.05, 0.1) is 12.5 Å². The number of hydrogen-bond donors (Lipinski definition) is 2. The summed E-state index contributed by atoms with van der Waals surface area (Å²) in [5, 5.41) is 6.19. The molecule has 19 heavy (non-hydrogen) atoms. The van der Waals surface area contributed by atoms with Crippen molar-refractivity contribution in [2.75, 3.05) is 39.1 Å². The number of thioether (sulfide) groups is 1. The van der Waals surface area contributed by atoms with Crippen LogP contribution < -0.4 is 10.6 Å². The zero-order valence-corrected chi connectivity index (χ0v) is 12.0. The van der Waals surface area contributed by atoms with Crippen molar-refractivity contribution in [3.8, 4) is 0 Å². The maximum absolute atomic E-state index is 12.1. The van der Waals surface area contributed by atoms with Crippen LogP contribution in [0.4, 0.5) is 0 Å². The fourth-order valence-electron chi connectivity index (χ4n) is 2.08. The van der Waals surface area contributed by atoms with Crippen LogP contribution in [0.1, 0.15) is 11.5 Å². The standard InChI is InChI=1S/C14H20N2O2S/c1-18-9-8-15-6-7-16-14(17)12-10-19-13-5-3-2-4-11(12)13/h2-5,12,15H,6-10H2,1H3,(H,16,17)/t12-/m1/s1. The Kier molecular flexibility index (Phi) is 5.69. The highest BCUT2D eigenvalue weighted by Crippen LogP contribution is 2.39. The molecule has 0 saturated heterocycles. The predicted octanol–water partition coefficient (Wildman–Crippen LogP) is 1.23. The number of amides is 1. The second kappa shape index (κ2) is 7.53. The molecule has 1 aliphatic rings. The van der Waals surface area contributed by atoms with Crippen molar-refractivity contribution in [1.29, 1.82) is 0 Å². The van der Waals surface area contributed by atoms with E-state index in [9.17, 15) is 4.79 Å². The highest BCUT2D eigenvalue weighted by atomic mass is 32.2. The van der Waals surface area contributed by atoms with Gasteiger partial charge in [0.25, 0.3) is 0 Å². The summed E-state index contributed by atoms with van der Waals surface area (Å²) in [6.07, 6.45) is 0. The summed E-state index contributed by atoms with van der Waals surface area (Å²) in [6.45, 7) is 2.94. The van der Waals surface area contributed by atoms with E-state index in [1.54, 1.807) is 18.9 Å². The first kappa shape index (κ1) is 14.4. The van der Waals surface area contributed by atoms with Gasteiger partial charge in [-0.25, -0.2) is 0 Å². The molecule has 5 heteroatoms. The minimum atomic E-state index is 0.000162. The first-order valence-corrected chi connectivity index (χ1v) is 7.50. The van der Waals surface area contributed by atoms with E-state index in [1.165, 1.54) is 4.90 Å². The highest BCUT2D eigenvalue weighted by molar-refractivity contribution is 7.99. The largest absolute Gasteiger partial charge is 0.383 e. The van der Waals surface area contributed by atoms with Gasteiger partial charge >= 0.3 is 0 Å². The molecule has 0 saturated carbocycles. The third-order valence-electron chi connectivity index (χ3n) is 3.10. The number of rotatable bonds is 7. The van der Waals surface area contributed by atoms with Gasteiger partial charge in [0, 0.05) is 37.4 Å². The Morgan fingerprint density at radius 2 is 2.21 bits per heavy atom. The Morgan fingerprint density at radius 3 is 3.05 bits per heavy atom. The van der Waals surface area contributed by atoms with Crippen LogP contribution in [0, 0.1) is 0 Å². The minimum Gasteiger partial charge on any atom is -0.383 e. The molecular weight excluding hydrogens is 260 g/mol. The molecule has 0 radical (unpaired) electrons. The van der Waals surface area contributed by atoms with Crippen LogP contribution in [-0.4, -0.2) is 45.0 Å². The molecule has 1 amide bonds. The summed E-state index contributed by atoms with van der Waals surface area (Å²) in [6, 6.07) is 8.15. The van der Waals surface area contributed by atoms with Gasteiger partial charge in [0.1, 0.15) is 0 Å². The third-order valence-corrected chi connectivity index (χ3v) is 4.28. The Morgan fingerprint density at radius 1 is 1.37 bits per heavy atom. The predicted molar refractivity (Wildman–Crippen MR) is 77.7 cm³/mol. The number of nitrogens with one attached hydrogen (secondary N) is 2. The van der Waals surface area contributed by atoms with E-state index in [4.69, 9.17) is 4.74 Å². The molecule has 1 heterocycles. The average molecular weight is 280 g/mol. The second-order valence-electron chi connectivity index (χ2n) is 4.44. The number of fused-ring (bicyclic) bond motifs is 1. The summed E-state index contributed by atoms with van der Waals surface area (Å²) in [5.74, 6) is 0.980. The first-order chi connectivity index (χ1) is 9.33. The zero-order valence-electron chi connectivity index (χ0n) is 11.1. The molecule has 2 rings (SSSR count). The van der Waals surface area contributed by atoms with Crippen molar-refractivity contribution in [2.45, 2.75) is 10.8 Å². The maximum atomic E-state index is 12.1. The van der Waals surface area contributed by atoms with E-state index >= 15 is 0 Å².